The van der Waals surface area contributed by atoms with E-state index >= 15 is 0 Å². The lowest BCUT2D eigenvalue weighted by Gasteiger charge is -2.31. The Labute approximate surface area is 85.1 Å². The number of aliphatic hydroxyl groups excluding tert-OH is 1. The Kier molecular flexibility index (Phi) is 4.31. The van der Waals surface area contributed by atoms with E-state index in [0.717, 1.165) is 32.1 Å². The van der Waals surface area contributed by atoms with Gasteiger partial charge in [-0.15, -0.1) is 0 Å². The van der Waals surface area contributed by atoms with E-state index in [1.54, 1.807) is 0 Å². The molecule has 0 radical (unpaired) electrons. The molecule has 84 valence electrons. The highest BCUT2D eigenvalue weighted by Crippen LogP contribution is 2.23. The van der Waals surface area contributed by atoms with E-state index in [1.165, 1.54) is 4.31 Å². The molecule has 5 nitrogen and oxygen atoms in total. The summed E-state index contributed by atoms with van der Waals surface area (Å²) in [6.45, 7) is -0.0591. The van der Waals surface area contributed by atoms with Gasteiger partial charge in [0.2, 0.25) is 0 Å². The minimum atomic E-state index is -3.65. The maximum atomic E-state index is 11.2. The van der Waals surface area contributed by atoms with Crippen LogP contribution in [0.3, 0.4) is 0 Å². The largest absolute Gasteiger partial charge is 0.395 e. The van der Waals surface area contributed by atoms with E-state index in [2.05, 4.69) is 0 Å². The van der Waals surface area contributed by atoms with Gasteiger partial charge < -0.3 is 5.11 Å². The summed E-state index contributed by atoms with van der Waals surface area (Å²) < 4.78 is 23.7. The van der Waals surface area contributed by atoms with Gasteiger partial charge in [0.15, 0.2) is 0 Å². The molecule has 0 aromatic carbocycles. The summed E-state index contributed by atoms with van der Waals surface area (Å²) in [5.41, 5.74) is 0. The lowest BCUT2D eigenvalue weighted by atomic mass is 9.95. The zero-order chi connectivity index (χ0) is 10.6. The van der Waals surface area contributed by atoms with Crippen molar-refractivity contribution >= 4 is 10.2 Å². The predicted molar refractivity (Wildman–Crippen MR) is 53.8 cm³/mol. The molecular weight excluding hydrogens is 204 g/mol. The monoisotopic (exact) mass is 222 g/mol. The molecule has 0 aromatic rings. The quantitative estimate of drug-likeness (QED) is 0.692. The van der Waals surface area contributed by atoms with Crippen LogP contribution in [0.1, 0.15) is 32.1 Å². The first kappa shape index (κ1) is 11.9. The van der Waals surface area contributed by atoms with Crippen molar-refractivity contribution in [1.82, 2.24) is 4.31 Å². The second kappa shape index (κ2) is 5.06. The lowest BCUT2D eigenvalue weighted by molar-refractivity contribution is 0.199. The van der Waals surface area contributed by atoms with Crippen LogP contribution >= 0.6 is 0 Å². The van der Waals surface area contributed by atoms with Crippen molar-refractivity contribution in [3.63, 3.8) is 0 Å². The molecule has 0 aliphatic heterocycles. The normalized spacial score (nSPS) is 20.2. The number of hydrogen-bond acceptors (Lipinski definition) is 3. The Morgan fingerprint density at radius 2 is 1.86 bits per heavy atom. The van der Waals surface area contributed by atoms with Crippen molar-refractivity contribution < 1.29 is 13.5 Å². The summed E-state index contributed by atoms with van der Waals surface area (Å²) in [6, 6.07) is -0.00843. The van der Waals surface area contributed by atoms with Crippen LogP contribution in [-0.4, -0.2) is 37.0 Å². The summed E-state index contributed by atoms with van der Waals surface area (Å²) >= 11 is 0. The molecule has 1 aliphatic rings. The van der Waals surface area contributed by atoms with Gasteiger partial charge in [0, 0.05) is 12.6 Å². The first-order chi connectivity index (χ1) is 6.55. The van der Waals surface area contributed by atoms with E-state index in [4.69, 9.17) is 10.2 Å². The van der Waals surface area contributed by atoms with Crippen LogP contribution in [0.2, 0.25) is 0 Å². The molecule has 0 heterocycles. The topological polar surface area (TPSA) is 83.6 Å². The van der Waals surface area contributed by atoms with E-state index in [9.17, 15) is 8.42 Å². The molecule has 1 aliphatic carbocycles. The van der Waals surface area contributed by atoms with Crippen LogP contribution in [0.4, 0.5) is 0 Å². The Bertz CT molecular complexity index is 260. The van der Waals surface area contributed by atoms with Gasteiger partial charge in [-0.3, -0.25) is 0 Å². The molecule has 0 saturated heterocycles. The van der Waals surface area contributed by atoms with E-state index in [1.807, 2.05) is 0 Å². The molecule has 0 spiro atoms. The highest BCUT2D eigenvalue weighted by Gasteiger charge is 2.27. The van der Waals surface area contributed by atoms with Gasteiger partial charge in [0.05, 0.1) is 6.61 Å². The molecule has 0 aromatic heterocycles. The fourth-order valence-electron chi connectivity index (χ4n) is 1.99. The van der Waals surface area contributed by atoms with Gasteiger partial charge in [-0.25, -0.2) is 5.14 Å². The standard InChI is InChI=1S/C8H18N2O3S/c9-14(12,13)10(6-7-11)8-4-2-1-3-5-8/h8,11H,1-7H2,(H2,9,12,13). The summed E-state index contributed by atoms with van der Waals surface area (Å²) in [5, 5.41) is 13.9. The van der Waals surface area contributed by atoms with Crippen LogP contribution in [0.5, 0.6) is 0 Å². The summed E-state index contributed by atoms with van der Waals surface area (Å²) in [4.78, 5) is 0. The summed E-state index contributed by atoms with van der Waals surface area (Å²) in [7, 11) is -3.65. The van der Waals surface area contributed by atoms with Crippen LogP contribution < -0.4 is 5.14 Å². The highest BCUT2D eigenvalue weighted by atomic mass is 32.2. The summed E-state index contributed by atoms with van der Waals surface area (Å²) in [5.74, 6) is 0. The maximum Gasteiger partial charge on any atom is 0.277 e. The Morgan fingerprint density at radius 1 is 1.29 bits per heavy atom. The van der Waals surface area contributed by atoms with Crippen molar-refractivity contribution in [2.45, 2.75) is 38.1 Å². The zero-order valence-corrected chi connectivity index (χ0v) is 9.04. The Balaban J connectivity index is 2.66. The van der Waals surface area contributed by atoms with Gasteiger partial charge in [0.25, 0.3) is 10.2 Å². The van der Waals surface area contributed by atoms with E-state index < -0.39 is 10.2 Å². The molecule has 1 fully saturated rings. The third-order valence-electron chi connectivity index (χ3n) is 2.63. The SMILES string of the molecule is NS(=O)(=O)N(CCO)C1CCCCC1. The first-order valence-electron chi connectivity index (χ1n) is 4.96. The Morgan fingerprint density at radius 3 is 2.29 bits per heavy atom. The fraction of sp³-hybridized carbons (Fsp3) is 1.00. The van der Waals surface area contributed by atoms with Gasteiger partial charge in [0.1, 0.15) is 0 Å². The maximum absolute atomic E-state index is 11.2. The molecule has 1 rings (SSSR count). The number of rotatable bonds is 4. The zero-order valence-electron chi connectivity index (χ0n) is 8.22. The van der Waals surface area contributed by atoms with Crippen molar-refractivity contribution in [2.24, 2.45) is 5.14 Å². The smallest absolute Gasteiger partial charge is 0.277 e. The highest BCUT2D eigenvalue weighted by molar-refractivity contribution is 7.86. The molecule has 0 bridgehead atoms. The van der Waals surface area contributed by atoms with Crippen LogP contribution in [0.15, 0.2) is 0 Å². The number of nitrogens with zero attached hydrogens (tertiary/aromatic N) is 1. The second-order valence-electron chi connectivity index (χ2n) is 3.67. The molecule has 6 heteroatoms. The third kappa shape index (κ3) is 3.20. The molecule has 3 N–H and O–H groups in total. The minimum absolute atomic E-state index is 0.00843. The number of aliphatic hydroxyl groups is 1. The predicted octanol–water partition coefficient (Wildman–Crippen LogP) is -0.183. The van der Waals surface area contributed by atoms with Gasteiger partial charge >= 0.3 is 0 Å². The molecule has 0 unspecified atom stereocenters. The molecule has 1 saturated carbocycles. The van der Waals surface area contributed by atoms with Crippen LogP contribution in [-0.2, 0) is 10.2 Å². The van der Waals surface area contributed by atoms with Gasteiger partial charge in [-0.2, -0.15) is 12.7 Å². The van der Waals surface area contributed by atoms with E-state index in [0.29, 0.717) is 0 Å². The van der Waals surface area contributed by atoms with E-state index in [-0.39, 0.29) is 19.2 Å². The van der Waals surface area contributed by atoms with Crippen molar-refractivity contribution in [1.29, 1.82) is 0 Å². The van der Waals surface area contributed by atoms with Gasteiger partial charge in [-0.1, -0.05) is 19.3 Å². The molecule has 0 atom stereocenters. The Hall–Kier alpha value is -0.170. The van der Waals surface area contributed by atoms with Gasteiger partial charge in [-0.05, 0) is 12.8 Å². The van der Waals surface area contributed by atoms with Crippen molar-refractivity contribution in [2.75, 3.05) is 13.2 Å². The fourth-order valence-corrected chi connectivity index (χ4v) is 2.95. The van der Waals surface area contributed by atoms with Crippen LogP contribution in [0, 0.1) is 0 Å². The average Bonchev–Trinajstić information content (AvgIpc) is 2.14. The van der Waals surface area contributed by atoms with Crippen molar-refractivity contribution in [3.8, 4) is 0 Å². The first-order valence-corrected chi connectivity index (χ1v) is 6.46. The lowest BCUT2D eigenvalue weighted by Crippen LogP contribution is -2.46. The number of hydrogen-bond donors (Lipinski definition) is 2. The summed E-state index contributed by atoms with van der Waals surface area (Å²) in [6.07, 6.45) is 4.96. The third-order valence-corrected chi connectivity index (χ3v) is 3.76. The average molecular weight is 222 g/mol. The van der Waals surface area contributed by atoms with Crippen molar-refractivity contribution in [3.05, 3.63) is 0 Å². The second-order valence-corrected chi connectivity index (χ2v) is 5.17. The molecular formula is C8H18N2O3S. The molecule has 14 heavy (non-hydrogen) atoms. The van der Waals surface area contributed by atoms with Crippen LogP contribution in [0.25, 0.3) is 0 Å². The minimum Gasteiger partial charge on any atom is -0.395 e. The molecule has 0 amide bonds. The number of nitrogens with two attached hydrogens (primary N) is 1.